The highest BCUT2D eigenvalue weighted by atomic mass is 35.5. The molecule has 0 fully saturated rings. The molecular formula is C23H21ClN4O4S. The average molecular weight is 485 g/mol. The third kappa shape index (κ3) is 4.84. The van der Waals surface area contributed by atoms with Crippen LogP contribution in [0.25, 0.3) is 4.83 Å². The number of carbonyl (C=O) groups excluding carboxylic acids is 1. The Morgan fingerprint density at radius 2 is 1.88 bits per heavy atom. The fourth-order valence-corrected chi connectivity index (χ4v) is 4.43. The number of ether oxygens (including phenoxy) is 1. The maximum atomic E-state index is 13.0. The molecule has 1 amide bonds. The second kappa shape index (κ2) is 9.60. The number of thiazole rings is 1. The third-order valence-electron chi connectivity index (χ3n) is 5.02. The van der Waals surface area contributed by atoms with Crippen LogP contribution in [0, 0.1) is 6.92 Å². The summed E-state index contributed by atoms with van der Waals surface area (Å²) < 4.78 is 7.82. The van der Waals surface area contributed by atoms with Crippen molar-refractivity contribution in [2.45, 2.75) is 26.9 Å². The van der Waals surface area contributed by atoms with Crippen LogP contribution in [0.4, 0.5) is 0 Å². The van der Waals surface area contributed by atoms with Gasteiger partial charge in [0.05, 0.1) is 13.2 Å². The highest BCUT2D eigenvalue weighted by Gasteiger charge is 2.17. The number of fused-ring (bicyclic) bond motifs is 1. The standard InChI is InChI=1S/C23H21ClN4O4S/c1-3-32-19-9-6-16(10-25-19)11-26-20(29)18-13-28-22(33-18)14(2)21(30)27(23(28)31)12-15-4-7-17(24)8-5-15/h4-10,13H,3,11-12H2,1-2H3,(H,26,29). The van der Waals surface area contributed by atoms with Gasteiger partial charge in [0.2, 0.25) is 5.88 Å². The Hall–Kier alpha value is -3.43. The van der Waals surface area contributed by atoms with Gasteiger partial charge in [-0.25, -0.2) is 9.78 Å². The number of hydrogen-bond acceptors (Lipinski definition) is 6. The van der Waals surface area contributed by atoms with Gasteiger partial charge in [-0.05, 0) is 37.1 Å². The monoisotopic (exact) mass is 484 g/mol. The van der Waals surface area contributed by atoms with Gasteiger partial charge in [-0.2, -0.15) is 0 Å². The second-order valence-corrected chi connectivity index (χ2v) is 8.78. The van der Waals surface area contributed by atoms with E-state index in [1.54, 1.807) is 43.5 Å². The lowest BCUT2D eigenvalue weighted by Gasteiger charge is -2.07. The zero-order chi connectivity index (χ0) is 23.5. The van der Waals surface area contributed by atoms with E-state index in [2.05, 4.69) is 10.3 Å². The number of halogens is 1. The zero-order valence-electron chi connectivity index (χ0n) is 18.0. The van der Waals surface area contributed by atoms with Crippen molar-refractivity contribution >= 4 is 33.7 Å². The van der Waals surface area contributed by atoms with Gasteiger partial charge in [-0.1, -0.05) is 29.8 Å². The van der Waals surface area contributed by atoms with Crippen LogP contribution in [0.1, 0.15) is 33.3 Å². The first kappa shape index (κ1) is 22.8. The van der Waals surface area contributed by atoms with Gasteiger partial charge in [-0.15, -0.1) is 11.3 Å². The van der Waals surface area contributed by atoms with Crippen LogP contribution in [-0.4, -0.2) is 26.5 Å². The van der Waals surface area contributed by atoms with Crippen molar-refractivity contribution in [2.75, 3.05) is 6.61 Å². The number of amides is 1. The molecule has 3 aromatic heterocycles. The Morgan fingerprint density at radius 3 is 2.55 bits per heavy atom. The van der Waals surface area contributed by atoms with E-state index in [1.165, 1.54) is 10.6 Å². The Balaban J connectivity index is 1.58. The van der Waals surface area contributed by atoms with Crippen LogP contribution in [0.3, 0.4) is 0 Å². The largest absolute Gasteiger partial charge is 0.478 e. The topological polar surface area (TPSA) is 94.7 Å². The zero-order valence-corrected chi connectivity index (χ0v) is 19.6. The van der Waals surface area contributed by atoms with Crippen molar-refractivity contribution in [3.05, 3.63) is 96.2 Å². The van der Waals surface area contributed by atoms with E-state index >= 15 is 0 Å². The van der Waals surface area contributed by atoms with E-state index in [-0.39, 0.29) is 24.6 Å². The van der Waals surface area contributed by atoms with Crippen molar-refractivity contribution < 1.29 is 9.53 Å². The van der Waals surface area contributed by atoms with E-state index in [0.29, 0.717) is 32.8 Å². The van der Waals surface area contributed by atoms with Crippen molar-refractivity contribution in [2.24, 2.45) is 0 Å². The minimum absolute atomic E-state index is 0.112. The summed E-state index contributed by atoms with van der Waals surface area (Å²) >= 11 is 7.02. The molecule has 0 unspecified atom stereocenters. The predicted molar refractivity (Wildman–Crippen MR) is 128 cm³/mol. The molecule has 0 spiro atoms. The molecule has 1 N–H and O–H groups in total. The van der Waals surface area contributed by atoms with Crippen LogP contribution in [0.15, 0.2) is 58.4 Å². The van der Waals surface area contributed by atoms with Crippen LogP contribution in [0.2, 0.25) is 5.02 Å². The molecule has 0 saturated heterocycles. The normalized spacial score (nSPS) is 11.0. The maximum Gasteiger partial charge on any atom is 0.336 e. The molecule has 4 aromatic rings. The van der Waals surface area contributed by atoms with E-state index in [1.807, 2.05) is 13.0 Å². The first-order chi connectivity index (χ1) is 15.9. The molecule has 4 rings (SSSR count). The van der Waals surface area contributed by atoms with Gasteiger partial charge >= 0.3 is 5.69 Å². The van der Waals surface area contributed by atoms with E-state index in [4.69, 9.17) is 16.3 Å². The number of benzene rings is 1. The van der Waals surface area contributed by atoms with Crippen LogP contribution >= 0.6 is 22.9 Å². The quantitative estimate of drug-likeness (QED) is 0.434. The average Bonchev–Trinajstić information content (AvgIpc) is 3.27. The summed E-state index contributed by atoms with van der Waals surface area (Å²) in [7, 11) is 0. The van der Waals surface area contributed by atoms with Gasteiger partial charge in [0.1, 0.15) is 9.71 Å². The lowest BCUT2D eigenvalue weighted by atomic mass is 10.2. The summed E-state index contributed by atoms with van der Waals surface area (Å²) in [4.78, 5) is 43.5. The number of rotatable bonds is 7. The van der Waals surface area contributed by atoms with Crippen LogP contribution in [0.5, 0.6) is 5.88 Å². The van der Waals surface area contributed by atoms with Crippen molar-refractivity contribution in [1.29, 1.82) is 0 Å². The Bertz CT molecular complexity index is 1420. The Morgan fingerprint density at radius 1 is 1.15 bits per heavy atom. The predicted octanol–water partition coefficient (Wildman–Crippen LogP) is 3.26. The van der Waals surface area contributed by atoms with Crippen molar-refractivity contribution in [3.63, 3.8) is 0 Å². The number of nitrogens with one attached hydrogen (secondary N) is 1. The lowest BCUT2D eigenvalue weighted by molar-refractivity contribution is 0.0954. The molecule has 8 nitrogen and oxygen atoms in total. The SMILES string of the molecule is CCOc1ccc(CNC(=O)c2cn3c(=O)n(Cc4ccc(Cl)cc4)c(=O)c(C)c3s2)cn1. The molecule has 0 aliphatic carbocycles. The molecule has 0 aliphatic heterocycles. The molecule has 33 heavy (non-hydrogen) atoms. The van der Waals surface area contributed by atoms with Crippen LogP contribution in [-0.2, 0) is 13.1 Å². The molecular weight excluding hydrogens is 464 g/mol. The summed E-state index contributed by atoms with van der Waals surface area (Å²) in [6, 6.07) is 10.5. The number of pyridine rings is 1. The minimum atomic E-state index is -0.499. The fraction of sp³-hybridized carbons (Fsp3) is 0.217. The molecule has 0 radical (unpaired) electrons. The highest BCUT2D eigenvalue weighted by molar-refractivity contribution is 7.19. The minimum Gasteiger partial charge on any atom is -0.478 e. The fourth-order valence-electron chi connectivity index (χ4n) is 3.30. The first-order valence-electron chi connectivity index (χ1n) is 10.2. The van der Waals surface area contributed by atoms with Gasteiger partial charge in [0, 0.05) is 35.6 Å². The van der Waals surface area contributed by atoms with Crippen molar-refractivity contribution in [1.82, 2.24) is 19.3 Å². The summed E-state index contributed by atoms with van der Waals surface area (Å²) in [5, 5.41) is 3.39. The van der Waals surface area contributed by atoms with Gasteiger partial charge < -0.3 is 10.1 Å². The summed E-state index contributed by atoms with van der Waals surface area (Å²) in [5.74, 6) is 0.181. The van der Waals surface area contributed by atoms with Crippen molar-refractivity contribution in [3.8, 4) is 5.88 Å². The van der Waals surface area contributed by atoms with E-state index in [9.17, 15) is 14.4 Å². The summed E-state index contributed by atoms with van der Waals surface area (Å²) in [6.45, 7) is 4.44. The van der Waals surface area contributed by atoms with E-state index in [0.717, 1.165) is 27.0 Å². The first-order valence-corrected chi connectivity index (χ1v) is 11.4. The summed E-state index contributed by atoms with van der Waals surface area (Å²) in [5.41, 5.74) is 1.10. The third-order valence-corrected chi connectivity index (χ3v) is 6.48. The number of carbonyl (C=O) groups is 1. The van der Waals surface area contributed by atoms with Gasteiger partial charge in [0.25, 0.3) is 11.5 Å². The number of aryl methyl sites for hydroxylation is 1. The highest BCUT2D eigenvalue weighted by Crippen LogP contribution is 2.19. The molecule has 0 atom stereocenters. The number of hydrogen-bond donors (Lipinski definition) is 1. The van der Waals surface area contributed by atoms with Gasteiger partial charge in [-0.3, -0.25) is 18.6 Å². The molecule has 1 aromatic carbocycles. The number of aromatic nitrogens is 3. The molecule has 170 valence electrons. The number of nitrogens with zero attached hydrogens (tertiary/aromatic N) is 3. The maximum absolute atomic E-state index is 13.0. The second-order valence-electron chi connectivity index (χ2n) is 7.32. The van der Waals surface area contributed by atoms with Gasteiger partial charge in [0.15, 0.2) is 0 Å². The Labute approximate surface area is 198 Å². The summed E-state index contributed by atoms with van der Waals surface area (Å²) in [6.07, 6.45) is 3.10. The molecule has 3 heterocycles. The molecule has 0 saturated carbocycles. The molecule has 10 heteroatoms. The molecule has 0 bridgehead atoms. The molecule has 0 aliphatic rings. The lowest BCUT2D eigenvalue weighted by Crippen LogP contribution is -2.38. The Kier molecular flexibility index (Phi) is 6.62. The van der Waals surface area contributed by atoms with E-state index < -0.39 is 5.69 Å². The van der Waals surface area contributed by atoms with Crippen LogP contribution < -0.4 is 21.3 Å². The smallest absolute Gasteiger partial charge is 0.336 e.